The summed E-state index contributed by atoms with van der Waals surface area (Å²) < 4.78 is 5.35. The number of nitrogens with zero attached hydrogens (tertiary/aromatic N) is 3. The first-order valence-electron chi connectivity index (χ1n) is 11.4. The Balaban J connectivity index is 1.23. The van der Waals surface area contributed by atoms with Crippen molar-refractivity contribution in [2.75, 3.05) is 37.4 Å². The fourth-order valence-corrected chi connectivity index (χ4v) is 4.63. The Morgan fingerprint density at radius 3 is 2.52 bits per heavy atom. The molecule has 0 aliphatic carbocycles. The minimum absolute atomic E-state index is 0.0194. The molecule has 7 heteroatoms. The van der Waals surface area contributed by atoms with Crippen LogP contribution in [0.1, 0.15) is 24.8 Å². The minimum atomic E-state index is -0.0194. The van der Waals surface area contributed by atoms with Crippen molar-refractivity contribution in [2.45, 2.75) is 30.7 Å². The minimum Gasteiger partial charge on any atom is -0.496 e. The zero-order chi connectivity index (χ0) is 22.9. The van der Waals surface area contributed by atoms with Gasteiger partial charge in [0.2, 0.25) is 5.91 Å². The monoisotopic (exact) mass is 462 g/mol. The second-order valence-corrected chi connectivity index (χ2v) is 9.05. The van der Waals surface area contributed by atoms with E-state index in [1.54, 1.807) is 7.11 Å². The van der Waals surface area contributed by atoms with Crippen LogP contribution in [-0.2, 0) is 11.2 Å². The van der Waals surface area contributed by atoms with E-state index in [-0.39, 0.29) is 5.91 Å². The normalized spacial score (nSPS) is 13.5. The molecule has 2 aromatic carbocycles. The van der Waals surface area contributed by atoms with Crippen molar-refractivity contribution in [3.8, 4) is 17.0 Å². The molecule has 0 unspecified atom stereocenters. The van der Waals surface area contributed by atoms with Crippen molar-refractivity contribution < 1.29 is 9.53 Å². The maximum atomic E-state index is 12.2. The van der Waals surface area contributed by atoms with E-state index in [4.69, 9.17) is 4.74 Å². The fourth-order valence-electron chi connectivity index (χ4n) is 3.98. The van der Waals surface area contributed by atoms with Gasteiger partial charge in [0.1, 0.15) is 10.8 Å². The number of carbonyl (C=O) groups excluding carboxylic acids is 1. The number of anilines is 1. The van der Waals surface area contributed by atoms with Crippen LogP contribution >= 0.6 is 11.8 Å². The first kappa shape index (κ1) is 23.1. The SMILES string of the molecule is COc1ccccc1CCNC(=O)CSc1ccc(-c2ccc(N3CCCCC3)cc2)nn1. The molecule has 1 aliphatic rings. The second-order valence-electron chi connectivity index (χ2n) is 8.05. The summed E-state index contributed by atoms with van der Waals surface area (Å²) in [7, 11) is 1.66. The third kappa shape index (κ3) is 6.48. The Hall–Kier alpha value is -3.06. The van der Waals surface area contributed by atoms with Crippen LogP contribution in [-0.4, -0.2) is 48.6 Å². The van der Waals surface area contributed by atoms with Crippen molar-refractivity contribution in [2.24, 2.45) is 0 Å². The van der Waals surface area contributed by atoms with Crippen molar-refractivity contribution in [1.29, 1.82) is 0 Å². The Morgan fingerprint density at radius 2 is 1.79 bits per heavy atom. The van der Waals surface area contributed by atoms with Crippen LogP contribution < -0.4 is 15.0 Å². The average molecular weight is 463 g/mol. The number of rotatable bonds is 9. The number of amides is 1. The van der Waals surface area contributed by atoms with Gasteiger partial charge in [-0.05, 0) is 61.6 Å². The molecule has 1 aromatic heterocycles. The molecule has 172 valence electrons. The number of carbonyl (C=O) groups is 1. The highest BCUT2D eigenvalue weighted by atomic mass is 32.2. The largest absolute Gasteiger partial charge is 0.496 e. The van der Waals surface area contributed by atoms with Crippen molar-refractivity contribution in [3.05, 3.63) is 66.2 Å². The molecule has 0 saturated carbocycles. The van der Waals surface area contributed by atoms with Crippen LogP contribution in [0, 0.1) is 0 Å². The third-order valence-electron chi connectivity index (χ3n) is 5.78. The Bertz CT molecular complexity index is 1030. The van der Waals surface area contributed by atoms with Crippen molar-refractivity contribution >= 4 is 23.4 Å². The Labute approximate surface area is 199 Å². The summed E-state index contributed by atoms with van der Waals surface area (Å²) in [6, 6.07) is 20.3. The molecule has 1 aliphatic heterocycles. The molecule has 4 rings (SSSR count). The van der Waals surface area contributed by atoms with Crippen LogP contribution in [0.25, 0.3) is 11.3 Å². The Kier molecular flexibility index (Phi) is 8.19. The predicted molar refractivity (Wildman–Crippen MR) is 134 cm³/mol. The van der Waals surface area contributed by atoms with Crippen molar-refractivity contribution in [3.63, 3.8) is 0 Å². The number of methoxy groups -OCH3 is 1. The lowest BCUT2D eigenvalue weighted by Crippen LogP contribution is -2.29. The quantitative estimate of drug-likeness (QED) is 0.469. The maximum Gasteiger partial charge on any atom is 0.230 e. The molecule has 0 spiro atoms. The van der Waals surface area contributed by atoms with Crippen molar-refractivity contribution in [1.82, 2.24) is 15.5 Å². The highest BCUT2D eigenvalue weighted by Crippen LogP contribution is 2.25. The van der Waals surface area contributed by atoms with Gasteiger partial charge in [0.05, 0.1) is 18.6 Å². The molecule has 0 bridgehead atoms. The highest BCUT2D eigenvalue weighted by molar-refractivity contribution is 7.99. The second kappa shape index (κ2) is 11.7. The van der Waals surface area contributed by atoms with Crippen LogP contribution in [0.2, 0.25) is 0 Å². The molecule has 33 heavy (non-hydrogen) atoms. The zero-order valence-electron chi connectivity index (χ0n) is 19.0. The first-order chi connectivity index (χ1) is 16.2. The summed E-state index contributed by atoms with van der Waals surface area (Å²) in [5, 5.41) is 12.3. The summed E-state index contributed by atoms with van der Waals surface area (Å²) in [4.78, 5) is 14.6. The average Bonchev–Trinajstić information content (AvgIpc) is 2.89. The van der Waals surface area contributed by atoms with Crippen LogP contribution in [0.15, 0.2) is 65.7 Å². The van der Waals surface area contributed by atoms with E-state index in [2.05, 4.69) is 44.7 Å². The molecule has 1 saturated heterocycles. The molecular weight excluding hydrogens is 432 g/mol. The van der Waals surface area contributed by atoms with Crippen LogP contribution in [0.5, 0.6) is 5.75 Å². The smallest absolute Gasteiger partial charge is 0.230 e. The van der Waals surface area contributed by atoms with Gasteiger partial charge in [0.25, 0.3) is 0 Å². The summed E-state index contributed by atoms with van der Waals surface area (Å²) in [6.45, 7) is 2.84. The highest BCUT2D eigenvalue weighted by Gasteiger charge is 2.11. The van der Waals surface area contributed by atoms with Crippen LogP contribution in [0.3, 0.4) is 0 Å². The van der Waals surface area contributed by atoms with E-state index < -0.39 is 0 Å². The number of thioether (sulfide) groups is 1. The van der Waals surface area contributed by atoms with Gasteiger partial charge >= 0.3 is 0 Å². The van der Waals surface area contributed by atoms with E-state index in [9.17, 15) is 4.79 Å². The van der Waals surface area contributed by atoms with Gasteiger partial charge in [-0.15, -0.1) is 10.2 Å². The van der Waals surface area contributed by atoms with Gasteiger partial charge < -0.3 is 15.0 Å². The molecule has 2 heterocycles. The lowest BCUT2D eigenvalue weighted by molar-refractivity contribution is -0.118. The molecule has 1 N–H and O–H groups in total. The maximum absolute atomic E-state index is 12.2. The zero-order valence-corrected chi connectivity index (χ0v) is 19.8. The predicted octanol–water partition coefficient (Wildman–Crippen LogP) is 4.59. The van der Waals surface area contributed by atoms with Gasteiger partial charge in [-0.3, -0.25) is 4.79 Å². The summed E-state index contributed by atoms with van der Waals surface area (Å²) >= 11 is 1.39. The number of ether oxygens (including phenoxy) is 1. The van der Waals surface area contributed by atoms with Gasteiger partial charge in [0, 0.05) is 30.9 Å². The molecule has 1 fully saturated rings. The van der Waals surface area contributed by atoms with Crippen LogP contribution in [0.4, 0.5) is 5.69 Å². The molecule has 0 atom stereocenters. The molecule has 3 aromatic rings. The molecular formula is C26H30N4O2S. The first-order valence-corrected chi connectivity index (χ1v) is 12.4. The number of piperidine rings is 1. The third-order valence-corrected chi connectivity index (χ3v) is 6.70. The van der Waals surface area contributed by atoms with Gasteiger partial charge in [-0.2, -0.15) is 0 Å². The van der Waals surface area contributed by atoms with Gasteiger partial charge in [0.15, 0.2) is 0 Å². The standard InChI is InChI=1S/C26H30N4O2S/c1-32-24-8-4-3-7-21(24)15-16-27-25(31)19-33-26-14-13-23(28-29-26)20-9-11-22(12-10-20)30-17-5-2-6-18-30/h3-4,7-14H,2,5-6,15-19H2,1H3,(H,27,31). The topological polar surface area (TPSA) is 67.3 Å². The van der Waals surface area contributed by atoms with E-state index >= 15 is 0 Å². The summed E-state index contributed by atoms with van der Waals surface area (Å²) in [5.74, 6) is 1.14. The number of hydrogen-bond acceptors (Lipinski definition) is 6. The number of benzene rings is 2. The van der Waals surface area contributed by atoms with Gasteiger partial charge in [-0.25, -0.2) is 0 Å². The molecule has 1 amide bonds. The number of hydrogen-bond donors (Lipinski definition) is 1. The van der Waals surface area contributed by atoms with E-state index in [1.807, 2.05) is 36.4 Å². The molecule has 6 nitrogen and oxygen atoms in total. The van der Waals surface area contributed by atoms with Gasteiger partial charge in [-0.1, -0.05) is 42.1 Å². The van der Waals surface area contributed by atoms with E-state index in [0.29, 0.717) is 12.3 Å². The number of aromatic nitrogens is 2. The summed E-state index contributed by atoms with van der Waals surface area (Å²) in [5.41, 5.74) is 4.24. The van der Waals surface area contributed by atoms with E-state index in [0.717, 1.165) is 47.1 Å². The number of nitrogens with one attached hydrogen (secondary N) is 1. The van der Waals surface area contributed by atoms with E-state index in [1.165, 1.54) is 36.7 Å². The fraction of sp³-hybridized carbons (Fsp3) is 0.346. The lowest BCUT2D eigenvalue weighted by Gasteiger charge is -2.28. The molecule has 0 radical (unpaired) electrons. The lowest BCUT2D eigenvalue weighted by atomic mass is 10.1. The summed E-state index contributed by atoms with van der Waals surface area (Å²) in [6.07, 6.45) is 4.60. The number of para-hydroxylation sites is 1. The Morgan fingerprint density at radius 1 is 1.00 bits per heavy atom.